The number of hydrazone groups is 1. The molecule has 0 bridgehead atoms. The molecule has 0 spiro atoms. The number of hydrogen-bond acceptors (Lipinski definition) is 7. The predicted octanol–water partition coefficient (Wildman–Crippen LogP) is 3.84. The molecule has 0 aliphatic heterocycles. The van der Waals surface area contributed by atoms with Crippen molar-refractivity contribution in [2.24, 2.45) is 5.10 Å². The number of nitrogens with one attached hydrogen (secondary N) is 1. The molecule has 190 valence electrons. The Morgan fingerprint density at radius 2 is 1.69 bits per heavy atom. The van der Waals surface area contributed by atoms with Crippen molar-refractivity contribution in [3.63, 3.8) is 0 Å². The van der Waals surface area contributed by atoms with E-state index in [9.17, 15) is 13.2 Å². The Kier molecular flexibility index (Phi) is 9.29. The third kappa shape index (κ3) is 6.76. The van der Waals surface area contributed by atoms with Gasteiger partial charge in [-0.25, -0.2) is 13.8 Å². The fourth-order valence-corrected chi connectivity index (χ4v) is 4.67. The SMILES string of the molecule is CCCOc1ccc(/C=N/NC(=O)CN(c2ccc(OC)cc2)S(=O)(=O)c2ccccc2)cc1OC. The van der Waals surface area contributed by atoms with E-state index in [2.05, 4.69) is 10.5 Å². The molecule has 36 heavy (non-hydrogen) atoms. The fraction of sp³-hybridized carbons (Fsp3) is 0.231. The van der Waals surface area contributed by atoms with Crippen molar-refractivity contribution in [3.05, 3.63) is 78.4 Å². The minimum Gasteiger partial charge on any atom is -0.497 e. The summed E-state index contributed by atoms with van der Waals surface area (Å²) in [6, 6.07) is 19.6. The molecule has 0 unspecified atom stereocenters. The van der Waals surface area contributed by atoms with E-state index in [-0.39, 0.29) is 4.90 Å². The lowest BCUT2D eigenvalue weighted by Crippen LogP contribution is -2.39. The van der Waals surface area contributed by atoms with E-state index in [1.807, 2.05) is 6.92 Å². The maximum absolute atomic E-state index is 13.3. The van der Waals surface area contributed by atoms with Crippen LogP contribution in [0.5, 0.6) is 17.2 Å². The summed E-state index contributed by atoms with van der Waals surface area (Å²) in [4.78, 5) is 12.8. The average Bonchev–Trinajstić information content (AvgIpc) is 2.91. The topological polar surface area (TPSA) is 107 Å². The summed E-state index contributed by atoms with van der Waals surface area (Å²) in [6.45, 7) is 2.10. The molecule has 0 heterocycles. The molecule has 0 aromatic heterocycles. The van der Waals surface area contributed by atoms with Crippen molar-refractivity contribution in [3.8, 4) is 17.2 Å². The Bertz CT molecular complexity index is 1280. The molecule has 3 rings (SSSR count). The van der Waals surface area contributed by atoms with Crippen molar-refractivity contribution in [1.29, 1.82) is 0 Å². The average molecular weight is 512 g/mol. The second kappa shape index (κ2) is 12.6. The first-order valence-corrected chi connectivity index (χ1v) is 12.7. The lowest BCUT2D eigenvalue weighted by molar-refractivity contribution is -0.119. The van der Waals surface area contributed by atoms with Gasteiger partial charge in [-0.3, -0.25) is 9.10 Å². The van der Waals surface area contributed by atoms with Crippen LogP contribution < -0.4 is 23.9 Å². The molecule has 0 aliphatic rings. The first kappa shape index (κ1) is 26.6. The van der Waals surface area contributed by atoms with Gasteiger partial charge in [-0.1, -0.05) is 25.1 Å². The standard InChI is InChI=1S/C26H29N3O6S/c1-4-16-35-24-15-10-20(17-25(24)34-3)18-27-28-26(30)19-29(21-11-13-22(33-2)14-12-21)36(31,32)23-8-6-5-7-9-23/h5-15,17-18H,4,16,19H2,1-3H3,(H,28,30)/b27-18+. The van der Waals surface area contributed by atoms with E-state index in [0.717, 1.165) is 10.7 Å². The van der Waals surface area contributed by atoms with Crippen molar-refractivity contribution in [2.45, 2.75) is 18.2 Å². The van der Waals surface area contributed by atoms with Gasteiger partial charge in [0.05, 0.1) is 37.6 Å². The van der Waals surface area contributed by atoms with Crippen LogP contribution in [0, 0.1) is 0 Å². The highest BCUT2D eigenvalue weighted by Crippen LogP contribution is 2.28. The van der Waals surface area contributed by atoms with Crippen LogP contribution in [0.1, 0.15) is 18.9 Å². The number of hydrogen-bond donors (Lipinski definition) is 1. The number of carbonyl (C=O) groups excluding carboxylic acids is 1. The second-order valence-electron chi connectivity index (χ2n) is 7.57. The van der Waals surface area contributed by atoms with Crippen molar-refractivity contribution in [1.82, 2.24) is 5.43 Å². The van der Waals surface area contributed by atoms with Gasteiger partial charge in [0.25, 0.3) is 15.9 Å². The van der Waals surface area contributed by atoms with E-state index in [4.69, 9.17) is 14.2 Å². The number of nitrogens with zero attached hydrogens (tertiary/aromatic N) is 2. The molecule has 10 heteroatoms. The van der Waals surface area contributed by atoms with Crippen LogP contribution in [0.15, 0.2) is 82.8 Å². The summed E-state index contributed by atoms with van der Waals surface area (Å²) in [5, 5.41) is 3.98. The smallest absolute Gasteiger partial charge is 0.264 e. The van der Waals surface area contributed by atoms with Gasteiger partial charge < -0.3 is 14.2 Å². The van der Waals surface area contributed by atoms with Crippen molar-refractivity contribution in [2.75, 3.05) is 31.7 Å². The second-order valence-corrected chi connectivity index (χ2v) is 9.44. The van der Waals surface area contributed by atoms with Crippen LogP contribution in [0.25, 0.3) is 0 Å². The van der Waals surface area contributed by atoms with Gasteiger partial charge in [-0.15, -0.1) is 0 Å². The number of anilines is 1. The maximum Gasteiger partial charge on any atom is 0.264 e. The minimum absolute atomic E-state index is 0.0644. The Morgan fingerprint density at radius 1 is 0.972 bits per heavy atom. The largest absolute Gasteiger partial charge is 0.497 e. The third-order valence-electron chi connectivity index (χ3n) is 5.03. The number of sulfonamides is 1. The zero-order valence-corrected chi connectivity index (χ0v) is 21.2. The number of benzene rings is 3. The van der Waals surface area contributed by atoms with Gasteiger partial charge in [-0.2, -0.15) is 5.10 Å². The van der Waals surface area contributed by atoms with Gasteiger partial charge in [0.1, 0.15) is 12.3 Å². The first-order valence-electron chi connectivity index (χ1n) is 11.2. The molecule has 0 aliphatic carbocycles. The maximum atomic E-state index is 13.3. The predicted molar refractivity (Wildman–Crippen MR) is 138 cm³/mol. The van der Waals surface area contributed by atoms with Crippen LogP contribution in [-0.4, -0.2) is 47.9 Å². The van der Waals surface area contributed by atoms with Crippen LogP contribution in [0.3, 0.4) is 0 Å². The van der Waals surface area contributed by atoms with Crippen LogP contribution >= 0.6 is 0 Å². The third-order valence-corrected chi connectivity index (χ3v) is 6.82. The van der Waals surface area contributed by atoms with Crippen LogP contribution in [-0.2, 0) is 14.8 Å². The molecule has 0 saturated heterocycles. The monoisotopic (exact) mass is 511 g/mol. The van der Waals surface area contributed by atoms with Crippen LogP contribution in [0.4, 0.5) is 5.69 Å². The van der Waals surface area contributed by atoms with Gasteiger partial charge in [0.2, 0.25) is 0 Å². The van der Waals surface area contributed by atoms with E-state index < -0.39 is 22.5 Å². The Balaban J connectivity index is 1.77. The lowest BCUT2D eigenvalue weighted by Gasteiger charge is -2.23. The summed E-state index contributed by atoms with van der Waals surface area (Å²) in [6.07, 6.45) is 2.30. The molecular weight excluding hydrogens is 482 g/mol. The molecule has 1 N–H and O–H groups in total. The van der Waals surface area contributed by atoms with Crippen molar-refractivity contribution < 1.29 is 27.4 Å². The molecule has 0 saturated carbocycles. The first-order chi connectivity index (χ1) is 17.4. The minimum atomic E-state index is -4.02. The molecule has 0 radical (unpaired) electrons. The van der Waals surface area contributed by atoms with Gasteiger partial charge in [0.15, 0.2) is 11.5 Å². The lowest BCUT2D eigenvalue weighted by atomic mass is 10.2. The number of ether oxygens (including phenoxy) is 3. The quantitative estimate of drug-likeness (QED) is 0.293. The zero-order chi connectivity index (χ0) is 26.0. The molecule has 1 amide bonds. The van der Waals surface area contributed by atoms with Crippen molar-refractivity contribution >= 4 is 27.8 Å². The van der Waals surface area contributed by atoms with E-state index >= 15 is 0 Å². The molecule has 0 fully saturated rings. The highest BCUT2D eigenvalue weighted by Gasteiger charge is 2.27. The molecule has 3 aromatic carbocycles. The Morgan fingerprint density at radius 3 is 2.33 bits per heavy atom. The van der Waals surface area contributed by atoms with E-state index in [1.54, 1.807) is 60.7 Å². The summed E-state index contributed by atoms with van der Waals surface area (Å²) < 4.78 is 43.9. The zero-order valence-electron chi connectivity index (χ0n) is 20.4. The number of amides is 1. The van der Waals surface area contributed by atoms with Gasteiger partial charge in [0, 0.05) is 0 Å². The molecule has 9 nitrogen and oxygen atoms in total. The highest BCUT2D eigenvalue weighted by atomic mass is 32.2. The van der Waals surface area contributed by atoms with Gasteiger partial charge >= 0.3 is 0 Å². The molecule has 3 aromatic rings. The Labute approximate surface area is 211 Å². The van der Waals surface area contributed by atoms with Gasteiger partial charge in [-0.05, 0) is 66.6 Å². The normalized spacial score (nSPS) is 11.2. The highest BCUT2D eigenvalue weighted by molar-refractivity contribution is 7.92. The van der Waals surface area contributed by atoms with E-state index in [0.29, 0.717) is 35.1 Å². The number of methoxy groups -OCH3 is 2. The van der Waals surface area contributed by atoms with E-state index in [1.165, 1.54) is 32.6 Å². The number of carbonyl (C=O) groups is 1. The fourth-order valence-electron chi connectivity index (χ4n) is 3.22. The molecular formula is C26H29N3O6S. The molecule has 0 atom stereocenters. The summed E-state index contributed by atoms with van der Waals surface area (Å²) in [7, 11) is -0.964. The summed E-state index contributed by atoms with van der Waals surface area (Å²) in [5.41, 5.74) is 3.37. The number of rotatable bonds is 12. The Hall–Kier alpha value is -4.05. The van der Waals surface area contributed by atoms with Crippen LogP contribution in [0.2, 0.25) is 0 Å². The summed E-state index contributed by atoms with van der Waals surface area (Å²) in [5.74, 6) is 1.10. The summed E-state index contributed by atoms with van der Waals surface area (Å²) >= 11 is 0.